The summed E-state index contributed by atoms with van der Waals surface area (Å²) < 4.78 is 14.1. The number of halogens is 1. The lowest BCUT2D eigenvalue weighted by Crippen LogP contribution is -2.52. The molecule has 0 heterocycles. The number of hydrogen-bond donors (Lipinski definition) is 0. The van der Waals surface area contributed by atoms with Gasteiger partial charge in [0.05, 0.1) is 12.0 Å². The quantitative estimate of drug-likeness (QED) is 0.561. The highest BCUT2D eigenvalue weighted by Gasteiger charge is 2.55. The molecule has 0 aromatic heterocycles. The van der Waals surface area contributed by atoms with E-state index in [1.54, 1.807) is 0 Å². The maximum absolute atomic E-state index is 14.1. The largest absolute Gasteiger partial charge is 0.244 e. The molecule has 2 heteroatoms. The van der Waals surface area contributed by atoms with Crippen molar-refractivity contribution < 1.29 is 4.39 Å². The van der Waals surface area contributed by atoms with Gasteiger partial charge in [0.2, 0.25) is 0 Å². The molecule has 4 bridgehead atoms. The fourth-order valence-electron chi connectivity index (χ4n) is 4.14. The van der Waals surface area contributed by atoms with Crippen molar-refractivity contribution in [1.82, 2.24) is 0 Å². The van der Waals surface area contributed by atoms with Gasteiger partial charge in [-0.05, 0) is 49.9 Å². The van der Waals surface area contributed by atoms with Crippen molar-refractivity contribution in [2.45, 2.75) is 37.8 Å². The van der Waals surface area contributed by atoms with E-state index < -0.39 is 5.67 Å². The first kappa shape index (κ1) is 7.79. The van der Waals surface area contributed by atoms with Gasteiger partial charge < -0.3 is 0 Å². The molecule has 4 aliphatic rings. The van der Waals surface area contributed by atoms with Crippen LogP contribution in [0.15, 0.2) is 0 Å². The molecule has 0 radical (unpaired) electrons. The summed E-state index contributed by atoms with van der Waals surface area (Å²) >= 11 is 0. The molecule has 0 amide bonds. The highest BCUT2D eigenvalue weighted by atomic mass is 19.1. The lowest BCUT2D eigenvalue weighted by atomic mass is 9.51. The zero-order valence-corrected chi connectivity index (χ0v) is 7.67. The Bertz CT molecular complexity index is 264. The van der Waals surface area contributed by atoms with Crippen molar-refractivity contribution in [3.8, 4) is 6.07 Å². The van der Waals surface area contributed by atoms with Gasteiger partial charge in [0.25, 0.3) is 0 Å². The second kappa shape index (κ2) is 2.26. The lowest BCUT2D eigenvalue weighted by molar-refractivity contribution is -0.0940. The minimum absolute atomic E-state index is 0.181. The normalized spacial score (nSPS) is 57.8. The van der Waals surface area contributed by atoms with E-state index in [2.05, 4.69) is 6.07 Å². The maximum Gasteiger partial charge on any atom is 0.112 e. The van der Waals surface area contributed by atoms with E-state index in [4.69, 9.17) is 5.26 Å². The van der Waals surface area contributed by atoms with Crippen LogP contribution in [-0.4, -0.2) is 5.67 Å². The predicted octanol–water partition coefficient (Wildman–Crippen LogP) is 2.67. The van der Waals surface area contributed by atoms with Gasteiger partial charge in [0.15, 0.2) is 0 Å². The molecule has 2 unspecified atom stereocenters. The van der Waals surface area contributed by atoms with E-state index in [9.17, 15) is 4.39 Å². The summed E-state index contributed by atoms with van der Waals surface area (Å²) in [5, 5.41) is 9.01. The number of alkyl halides is 1. The SMILES string of the molecule is N#CC1C2CC3CC1CC(F)(C3)C2. The lowest BCUT2D eigenvalue weighted by Gasteiger charge is -2.55. The van der Waals surface area contributed by atoms with Gasteiger partial charge in [0.1, 0.15) is 5.67 Å². The van der Waals surface area contributed by atoms with Gasteiger partial charge in [-0.15, -0.1) is 0 Å². The molecule has 13 heavy (non-hydrogen) atoms. The molecular weight excluding hydrogens is 165 g/mol. The standard InChI is InChI=1S/C11H14FN/c12-11-3-7-1-8(4-11)10(6-13)9(2-7)5-11/h7-10H,1-5H2. The van der Waals surface area contributed by atoms with Crippen LogP contribution in [0.2, 0.25) is 0 Å². The summed E-state index contributed by atoms with van der Waals surface area (Å²) in [6, 6.07) is 2.40. The fourth-order valence-corrected chi connectivity index (χ4v) is 4.14. The average Bonchev–Trinajstić information content (AvgIpc) is 2.00. The van der Waals surface area contributed by atoms with Crippen molar-refractivity contribution in [1.29, 1.82) is 5.26 Å². The Morgan fingerprint density at radius 1 is 1.15 bits per heavy atom. The monoisotopic (exact) mass is 179 g/mol. The third-order valence-electron chi connectivity index (χ3n) is 4.35. The van der Waals surface area contributed by atoms with Crippen molar-refractivity contribution >= 4 is 0 Å². The molecule has 0 saturated heterocycles. The van der Waals surface area contributed by atoms with Crippen LogP contribution in [-0.2, 0) is 0 Å². The highest BCUT2D eigenvalue weighted by Crippen LogP contribution is 2.59. The second-order valence-electron chi connectivity index (χ2n) is 5.28. The average molecular weight is 179 g/mol. The second-order valence-corrected chi connectivity index (χ2v) is 5.28. The van der Waals surface area contributed by atoms with Crippen molar-refractivity contribution in [2.75, 3.05) is 0 Å². The molecule has 0 aliphatic heterocycles. The third-order valence-corrected chi connectivity index (χ3v) is 4.35. The van der Waals surface area contributed by atoms with Crippen LogP contribution in [0.1, 0.15) is 32.1 Å². The number of rotatable bonds is 0. The zero-order chi connectivity index (χ0) is 9.05. The van der Waals surface area contributed by atoms with Gasteiger partial charge in [-0.1, -0.05) is 0 Å². The van der Waals surface area contributed by atoms with E-state index in [-0.39, 0.29) is 5.92 Å². The molecule has 1 nitrogen and oxygen atoms in total. The molecule has 4 fully saturated rings. The minimum atomic E-state index is -0.871. The molecule has 0 spiro atoms. The Balaban J connectivity index is 1.95. The van der Waals surface area contributed by atoms with E-state index >= 15 is 0 Å². The Morgan fingerprint density at radius 2 is 1.77 bits per heavy atom. The summed E-state index contributed by atoms with van der Waals surface area (Å²) in [5.41, 5.74) is -0.871. The van der Waals surface area contributed by atoms with Gasteiger partial charge in [0, 0.05) is 0 Å². The minimum Gasteiger partial charge on any atom is -0.244 e. The molecule has 70 valence electrons. The Hall–Kier alpha value is -0.580. The number of nitriles is 1. The van der Waals surface area contributed by atoms with Crippen LogP contribution in [0.4, 0.5) is 4.39 Å². The van der Waals surface area contributed by atoms with Crippen LogP contribution in [0.25, 0.3) is 0 Å². The van der Waals surface area contributed by atoms with Crippen molar-refractivity contribution in [3.05, 3.63) is 0 Å². The Labute approximate surface area is 77.9 Å². The molecule has 0 N–H and O–H groups in total. The molecular formula is C11H14FN. The molecule has 4 aliphatic carbocycles. The number of nitrogens with zero attached hydrogens (tertiary/aromatic N) is 1. The molecule has 2 atom stereocenters. The third kappa shape index (κ3) is 0.964. The van der Waals surface area contributed by atoms with Crippen molar-refractivity contribution in [3.63, 3.8) is 0 Å². The first-order valence-electron chi connectivity index (χ1n) is 5.29. The summed E-state index contributed by atoms with van der Waals surface area (Å²) in [4.78, 5) is 0. The first-order valence-corrected chi connectivity index (χ1v) is 5.29. The maximum atomic E-state index is 14.1. The molecule has 0 aromatic carbocycles. The summed E-state index contributed by atoms with van der Waals surface area (Å²) in [7, 11) is 0. The van der Waals surface area contributed by atoms with Crippen LogP contribution >= 0.6 is 0 Å². The van der Waals surface area contributed by atoms with E-state index in [0.717, 1.165) is 19.3 Å². The Morgan fingerprint density at radius 3 is 2.23 bits per heavy atom. The van der Waals surface area contributed by atoms with E-state index in [0.29, 0.717) is 30.6 Å². The van der Waals surface area contributed by atoms with E-state index in [1.165, 1.54) is 0 Å². The molecule has 0 aromatic rings. The molecule has 4 saturated carbocycles. The van der Waals surface area contributed by atoms with Gasteiger partial charge in [-0.2, -0.15) is 5.26 Å². The number of hydrogen-bond acceptors (Lipinski definition) is 1. The first-order chi connectivity index (χ1) is 6.20. The summed E-state index contributed by atoms with van der Waals surface area (Å²) in [6.45, 7) is 0. The van der Waals surface area contributed by atoms with Gasteiger partial charge in [-0.25, -0.2) is 4.39 Å². The van der Waals surface area contributed by atoms with Crippen LogP contribution in [0, 0.1) is 35.0 Å². The fraction of sp³-hybridized carbons (Fsp3) is 0.909. The van der Waals surface area contributed by atoms with Crippen LogP contribution in [0.5, 0.6) is 0 Å². The van der Waals surface area contributed by atoms with Gasteiger partial charge >= 0.3 is 0 Å². The summed E-state index contributed by atoms with van der Waals surface area (Å²) in [6.07, 6.45) is 4.40. The topological polar surface area (TPSA) is 23.8 Å². The van der Waals surface area contributed by atoms with Crippen LogP contribution in [0.3, 0.4) is 0 Å². The highest BCUT2D eigenvalue weighted by molar-refractivity contribution is 5.10. The van der Waals surface area contributed by atoms with Crippen molar-refractivity contribution in [2.24, 2.45) is 23.7 Å². The van der Waals surface area contributed by atoms with Crippen LogP contribution < -0.4 is 0 Å². The smallest absolute Gasteiger partial charge is 0.112 e. The zero-order valence-electron chi connectivity index (χ0n) is 7.67. The van der Waals surface area contributed by atoms with Gasteiger partial charge in [-0.3, -0.25) is 0 Å². The van der Waals surface area contributed by atoms with E-state index in [1.807, 2.05) is 0 Å². The Kier molecular flexibility index (Phi) is 1.35. The summed E-state index contributed by atoms with van der Waals surface area (Å²) in [5.74, 6) is 1.56. The predicted molar refractivity (Wildman–Crippen MR) is 46.5 cm³/mol. The molecule has 4 rings (SSSR count).